The number of piperazine rings is 1. The van der Waals surface area contributed by atoms with Crippen molar-refractivity contribution in [2.75, 3.05) is 13.1 Å². The Bertz CT molecular complexity index is 984. The number of carbonyl (C=O) groups is 2. The van der Waals surface area contributed by atoms with Crippen LogP contribution in [-0.4, -0.2) is 55.2 Å². The van der Waals surface area contributed by atoms with Crippen molar-refractivity contribution in [1.82, 2.24) is 29.5 Å². The van der Waals surface area contributed by atoms with E-state index in [4.69, 9.17) is 0 Å². The van der Waals surface area contributed by atoms with Crippen LogP contribution in [0.4, 0.5) is 0 Å². The average Bonchev–Trinajstić information content (AvgIpc) is 3.43. The molecule has 0 radical (unpaired) electrons. The topological polar surface area (TPSA) is 85.1 Å². The number of hydrogen-bond donors (Lipinski definition) is 1. The summed E-state index contributed by atoms with van der Waals surface area (Å²) < 4.78 is 3.90. The van der Waals surface area contributed by atoms with E-state index in [2.05, 4.69) is 20.0 Å². The van der Waals surface area contributed by atoms with Crippen LogP contribution >= 0.6 is 0 Å². The molecule has 0 bridgehead atoms. The fraction of sp³-hybridized carbons (Fsp3) is 0.263. The molecule has 1 N–H and O–H groups in total. The van der Waals surface area contributed by atoms with E-state index >= 15 is 0 Å². The minimum atomic E-state index is -0.398. The zero-order valence-electron chi connectivity index (χ0n) is 14.5. The average molecular weight is 362 g/mol. The second kappa shape index (κ2) is 6.08. The molecule has 2 atom stereocenters. The van der Waals surface area contributed by atoms with Gasteiger partial charge in [-0.3, -0.25) is 9.59 Å². The van der Waals surface area contributed by atoms with Crippen molar-refractivity contribution in [3.63, 3.8) is 0 Å². The SMILES string of the molecule is O=C1NCC(=O)N2C[C@@H](n3ccnc3-c3ccnn3-c3ccccc3)C[C@@H]12. The molecule has 8 nitrogen and oxygen atoms in total. The second-order valence-electron chi connectivity index (χ2n) is 6.79. The van der Waals surface area contributed by atoms with Crippen LogP contribution in [0.1, 0.15) is 12.5 Å². The first-order chi connectivity index (χ1) is 13.2. The third-order valence-electron chi connectivity index (χ3n) is 5.25. The number of para-hydroxylation sites is 1. The molecular formula is C19H18N6O2. The molecule has 2 saturated heterocycles. The van der Waals surface area contributed by atoms with Crippen molar-refractivity contribution >= 4 is 11.8 Å². The molecule has 8 heteroatoms. The highest BCUT2D eigenvalue weighted by molar-refractivity contribution is 5.95. The summed E-state index contributed by atoms with van der Waals surface area (Å²) in [5, 5.41) is 7.11. The van der Waals surface area contributed by atoms with Gasteiger partial charge in [0.05, 0.1) is 24.5 Å². The van der Waals surface area contributed by atoms with Crippen molar-refractivity contribution in [2.45, 2.75) is 18.5 Å². The van der Waals surface area contributed by atoms with E-state index in [1.54, 1.807) is 17.3 Å². The molecule has 3 aromatic rings. The van der Waals surface area contributed by atoms with E-state index in [-0.39, 0.29) is 24.4 Å². The first-order valence-corrected chi connectivity index (χ1v) is 8.92. The summed E-state index contributed by atoms with van der Waals surface area (Å²) >= 11 is 0. The van der Waals surface area contributed by atoms with Crippen LogP contribution in [0.3, 0.4) is 0 Å². The van der Waals surface area contributed by atoms with Gasteiger partial charge < -0.3 is 14.8 Å². The fourth-order valence-electron chi connectivity index (χ4n) is 3.98. The number of carbonyl (C=O) groups excluding carboxylic acids is 2. The predicted octanol–water partition coefficient (Wildman–Crippen LogP) is 1.01. The molecule has 2 fully saturated rings. The van der Waals surface area contributed by atoms with Gasteiger partial charge in [-0.2, -0.15) is 5.10 Å². The van der Waals surface area contributed by atoms with Crippen molar-refractivity contribution < 1.29 is 9.59 Å². The Morgan fingerprint density at radius 1 is 1.07 bits per heavy atom. The Morgan fingerprint density at radius 3 is 2.74 bits per heavy atom. The van der Waals surface area contributed by atoms with Gasteiger partial charge in [-0.15, -0.1) is 0 Å². The Morgan fingerprint density at radius 2 is 1.93 bits per heavy atom. The number of amides is 2. The maximum Gasteiger partial charge on any atom is 0.243 e. The van der Waals surface area contributed by atoms with Crippen molar-refractivity contribution in [3.05, 3.63) is 55.0 Å². The number of aromatic nitrogens is 4. The van der Waals surface area contributed by atoms with Gasteiger partial charge in [-0.05, 0) is 24.6 Å². The number of benzene rings is 1. The first kappa shape index (κ1) is 15.8. The van der Waals surface area contributed by atoms with E-state index in [1.807, 2.05) is 47.3 Å². The zero-order valence-corrected chi connectivity index (χ0v) is 14.5. The molecule has 2 aliphatic rings. The molecule has 4 heterocycles. The Balaban J connectivity index is 1.51. The van der Waals surface area contributed by atoms with E-state index < -0.39 is 6.04 Å². The Labute approximate surface area is 155 Å². The Hall–Kier alpha value is -3.42. The van der Waals surface area contributed by atoms with Crippen molar-refractivity contribution in [3.8, 4) is 17.2 Å². The van der Waals surface area contributed by atoms with E-state index in [0.29, 0.717) is 13.0 Å². The quantitative estimate of drug-likeness (QED) is 0.754. The molecule has 1 aromatic carbocycles. The molecular weight excluding hydrogens is 344 g/mol. The minimum Gasteiger partial charge on any atom is -0.345 e. The maximum absolute atomic E-state index is 12.2. The molecule has 0 unspecified atom stereocenters. The second-order valence-corrected chi connectivity index (χ2v) is 6.79. The predicted molar refractivity (Wildman–Crippen MR) is 96.9 cm³/mol. The summed E-state index contributed by atoms with van der Waals surface area (Å²) in [6.45, 7) is 0.597. The van der Waals surface area contributed by atoms with Crippen LogP contribution in [-0.2, 0) is 9.59 Å². The molecule has 0 saturated carbocycles. The van der Waals surface area contributed by atoms with Gasteiger partial charge in [0, 0.05) is 18.9 Å². The fourth-order valence-corrected chi connectivity index (χ4v) is 3.98. The number of fused-ring (bicyclic) bond motifs is 1. The normalized spacial score (nSPS) is 22.0. The van der Waals surface area contributed by atoms with Gasteiger partial charge in [0.25, 0.3) is 0 Å². The summed E-state index contributed by atoms with van der Waals surface area (Å²) in [5.41, 5.74) is 1.82. The van der Waals surface area contributed by atoms with Crippen LogP contribution < -0.4 is 5.32 Å². The van der Waals surface area contributed by atoms with Crippen molar-refractivity contribution in [2.24, 2.45) is 0 Å². The van der Waals surface area contributed by atoms with E-state index in [9.17, 15) is 9.59 Å². The third-order valence-corrected chi connectivity index (χ3v) is 5.25. The summed E-state index contributed by atoms with van der Waals surface area (Å²) in [6.07, 6.45) is 5.98. The number of nitrogens with one attached hydrogen (secondary N) is 1. The van der Waals surface area contributed by atoms with Crippen molar-refractivity contribution in [1.29, 1.82) is 0 Å². The lowest BCUT2D eigenvalue weighted by Gasteiger charge is -2.28. The summed E-state index contributed by atoms with van der Waals surface area (Å²) in [4.78, 5) is 30.5. The summed E-state index contributed by atoms with van der Waals surface area (Å²) in [6, 6.07) is 11.4. The lowest BCUT2D eigenvalue weighted by atomic mass is 10.1. The van der Waals surface area contributed by atoms with Crippen LogP contribution in [0.2, 0.25) is 0 Å². The molecule has 0 aliphatic carbocycles. The number of hydrogen-bond acceptors (Lipinski definition) is 4. The number of imidazole rings is 1. The molecule has 5 rings (SSSR count). The molecule has 2 aliphatic heterocycles. The summed E-state index contributed by atoms with van der Waals surface area (Å²) in [5.74, 6) is 0.667. The monoisotopic (exact) mass is 362 g/mol. The number of nitrogens with zero attached hydrogens (tertiary/aromatic N) is 5. The lowest BCUT2D eigenvalue weighted by molar-refractivity contribution is -0.143. The molecule has 0 spiro atoms. The largest absolute Gasteiger partial charge is 0.345 e. The maximum atomic E-state index is 12.2. The molecule has 136 valence electrons. The number of rotatable bonds is 3. The van der Waals surface area contributed by atoms with E-state index in [0.717, 1.165) is 17.2 Å². The molecule has 27 heavy (non-hydrogen) atoms. The van der Waals surface area contributed by atoms with Gasteiger partial charge in [0.1, 0.15) is 11.7 Å². The van der Waals surface area contributed by atoms with Gasteiger partial charge in [0.15, 0.2) is 5.82 Å². The standard InChI is InChI=1S/C19H18N6O2/c26-17-11-21-19(27)16-10-14(12-24(16)17)23-9-8-20-18(23)15-6-7-22-25(15)13-4-2-1-3-5-13/h1-9,14,16H,10-12H2,(H,21,27)/t14-,16-/m0/s1. The molecule has 2 amide bonds. The highest BCUT2D eigenvalue weighted by Crippen LogP contribution is 2.32. The van der Waals surface area contributed by atoms with Crippen LogP contribution in [0.15, 0.2) is 55.0 Å². The van der Waals surface area contributed by atoms with Gasteiger partial charge in [0.2, 0.25) is 11.8 Å². The Kier molecular flexibility index (Phi) is 3.56. The van der Waals surface area contributed by atoms with Crippen LogP contribution in [0, 0.1) is 0 Å². The smallest absolute Gasteiger partial charge is 0.243 e. The van der Waals surface area contributed by atoms with Gasteiger partial charge in [-0.1, -0.05) is 18.2 Å². The van der Waals surface area contributed by atoms with E-state index in [1.165, 1.54) is 0 Å². The highest BCUT2D eigenvalue weighted by atomic mass is 16.2. The molecule has 2 aromatic heterocycles. The summed E-state index contributed by atoms with van der Waals surface area (Å²) in [7, 11) is 0. The lowest BCUT2D eigenvalue weighted by Crippen LogP contribution is -2.55. The zero-order chi connectivity index (χ0) is 18.4. The van der Waals surface area contributed by atoms with Gasteiger partial charge in [-0.25, -0.2) is 9.67 Å². The highest BCUT2D eigenvalue weighted by Gasteiger charge is 2.43. The first-order valence-electron chi connectivity index (χ1n) is 8.92. The minimum absolute atomic E-state index is 0.000534. The van der Waals surface area contributed by atoms with Crippen LogP contribution in [0.5, 0.6) is 0 Å². The van der Waals surface area contributed by atoms with Crippen LogP contribution in [0.25, 0.3) is 17.2 Å². The van der Waals surface area contributed by atoms with Gasteiger partial charge >= 0.3 is 0 Å². The third kappa shape index (κ3) is 2.52.